The van der Waals surface area contributed by atoms with Gasteiger partial charge in [0, 0.05) is 0 Å². The molecule has 0 aromatic heterocycles. The molecule has 0 saturated heterocycles. The maximum Gasteiger partial charge on any atom is -1.00 e. The van der Waals surface area contributed by atoms with E-state index in [2.05, 4.69) is 180 Å². The molecular formula is C36H51Cl3Si4Ti. The largest absolute Gasteiger partial charge is 1.00 e. The summed E-state index contributed by atoms with van der Waals surface area (Å²) in [5.41, 5.74) is 6.11. The second-order valence-electron chi connectivity index (χ2n) is 15.5. The number of allylic oxidation sites excluding steroid dienone is 4. The van der Waals surface area contributed by atoms with Gasteiger partial charge >= 0.3 is 269 Å². The monoisotopic (exact) mass is 748 g/mol. The van der Waals surface area contributed by atoms with E-state index in [0.717, 1.165) is 0 Å². The third kappa shape index (κ3) is 7.05. The number of rotatable bonds is 7. The van der Waals surface area contributed by atoms with E-state index in [9.17, 15) is 0 Å². The van der Waals surface area contributed by atoms with Gasteiger partial charge in [-0.1, -0.05) is 0 Å². The van der Waals surface area contributed by atoms with Crippen LogP contribution >= 0.6 is 0 Å². The van der Waals surface area contributed by atoms with Crippen LogP contribution in [0.15, 0.2) is 95.1 Å². The molecule has 8 heteroatoms. The first-order chi connectivity index (χ1) is 18.8. The Balaban J connectivity index is 0.00000323. The van der Waals surface area contributed by atoms with Crippen LogP contribution in [0.4, 0.5) is 0 Å². The van der Waals surface area contributed by atoms with E-state index in [1.54, 1.807) is 42.3 Å². The van der Waals surface area contributed by atoms with Crippen molar-refractivity contribution < 1.29 is 57.7 Å². The quantitative estimate of drug-likeness (QED) is 0.189. The van der Waals surface area contributed by atoms with E-state index < -0.39 is 32.3 Å². The summed E-state index contributed by atoms with van der Waals surface area (Å²) in [7, 11) is -7.32. The summed E-state index contributed by atoms with van der Waals surface area (Å²) in [6.07, 6.45) is 0. The summed E-state index contributed by atoms with van der Waals surface area (Å²) in [4.78, 5) is 0. The van der Waals surface area contributed by atoms with E-state index in [1.165, 1.54) is 11.1 Å². The molecule has 0 radical (unpaired) electrons. The number of benzene rings is 3. The first-order valence-corrected chi connectivity index (χ1v) is 28.5. The molecule has 0 fully saturated rings. The Morgan fingerprint density at radius 3 is 0.886 bits per heavy atom. The van der Waals surface area contributed by atoms with E-state index in [0.29, 0.717) is 0 Å². The molecule has 0 aliphatic heterocycles. The Kier molecular flexibility index (Phi) is 13.6. The van der Waals surface area contributed by atoms with Crippen molar-refractivity contribution in [3.63, 3.8) is 0 Å². The fraction of sp³-hybridized carbons (Fsp3) is 0.389. The summed E-state index contributed by atoms with van der Waals surface area (Å²) >= 11 is 2.62. The van der Waals surface area contributed by atoms with Crippen molar-refractivity contribution in [2.24, 2.45) is 0 Å². The van der Waals surface area contributed by atoms with Gasteiger partial charge in [-0.2, -0.15) is 0 Å². The molecule has 0 nitrogen and oxygen atoms in total. The van der Waals surface area contributed by atoms with Crippen LogP contribution < -0.4 is 68.3 Å². The zero-order chi connectivity index (χ0) is 30.8. The molecule has 0 bridgehead atoms. The molecule has 3 aromatic carbocycles. The topological polar surface area (TPSA) is 0 Å². The first-order valence-electron chi connectivity index (χ1n) is 15.2. The van der Waals surface area contributed by atoms with Gasteiger partial charge in [-0.25, -0.2) is 0 Å². The molecule has 4 rings (SSSR count). The maximum absolute atomic E-state index is 2.70. The van der Waals surface area contributed by atoms with E-state index in [-0.39, 0.29) is 40.6 Å². The average molecular weight is 750 g/mol. The van der Waals surface area contributed by atoms with E-state index in [1.807, 2.05) is 0 Å². The average Bonchev–Trinajstić information content (AvgIpc) is 3.04. The molecule has 1 aliphatic rings. The molecular weight excluding hydrogens is 699 g/mol. The van der Waals surface area contributed by atoms with E-state index in [4.69, 9.17) is 0 Å². The summed E-state index contributed by atoms with van der Waals surface area (Å²) in [5.74, 6) is 0. The molecule has 0 amide bonds. The van der Waals surface area contributed by atoms with Gasteiger partial charge < -0.3 is 37.2 Å². The van der Waals surface area contributed by atoms with Gasteiger partial charge in [0.25, 0.3) is 0 Å². The Bertz CT molecular complexity index is 1390. The Hall–Kier alpha value is -0.408. The minimum absolute atomic E-state index is 0. The third-order valence-corrected chi connectivity index (χ3v) is 24.3. The Morgan fingerprint density at radius 2 is 0.659 bits per heavy atom. The predicted molar refractivity (Wildman–Crippen MR) is 192 cm³/mol. The minimum atomic E-state index is -2.70. The van der Waals surface area contributed by atoms with Crippen molar-refractivity contribution >= 4 is 63.4 Å². The zero-order valence-corrected chi connectivity index (χ0v) is 36.9. The van der Waals surface area contributed by atoms with Crippen molar-refractivity contribution in [3.8, 4) is 0 Å². The standard InChI is InChI=1S/C36H51Si4.3ClH.Ti/c1-26-27(2)29(4)36(28(26)3)40(33-20-14-17-30(23-33)37(5,6)7,34-21-15-18-31(24-34)38(8,9)10)35-22-16-19-32(25-35)39(11,12)13;;;;/h14-25H,1-13H3;3*1H;/q;;;;+3/p-3. The van der Waals surface area contributed by atoms with Crippen molar-refractivity contribution in [1.29, 1.82) is 0 Å². The molecule has 0 spiro atoms. The number of halogens is 3. The van der Waals surface area contributed by atoms with Gasteiger partial charge in [0.2, 0.25) is 0 Å². The van der Waals surface area contributed by atoms with Gasteiger partial charge in [-0.15, -0.1) is 0 Å². The fourth-order valence-corrected chi connectivity index (χ4v) is 19.3. The molecule has 1 aliphatic carbocycles. The smallest absolute Gasteiger partial charge is 1.00 e. The van der Waals surface area contributed by atoms with Gasteiger partial charge in [0.15, 0.2) is 0 Å². The normalized spacial score (nSPS) is 15.4. The molecule has 0 heterocycles. The van der Waals surface area contributed by atoms with Crippen LogP contribution in [0.5, 0.6) is 0 Å². The Labute approximate surface area is 303 Å². The molecule has 0 N–H and O–H groups in total. The summed E-state index contributed by atoms with van der Waals surface area (Å²) in [6, 6.07) is 29.9. The van der Waals surface area contributed by atoms with Gasteiger partial charge in [0.05, 0.1) is 0 Å². The maximum atomic E-state index is 2.66. The van der Waals surface area contributed by atoms with Gasteiger partial charge in [0.1, 0.15) is 0 Å². The fourth-order valence-electron chi connectivity index (χ4n) is 6.78. The SMILES string of the molecule is CC1=C(C)[C]([Ti+3])([Si](c2cccc([Si](C)(C)C)c2)(c2cccc([Si](C)(C)C)c2)c2cccc([Si](C)(C)C)c2)C(C)=C1C.[Cl-].[Cl-].[Cl-]. The van der Waals surface area contributed by atoms with Crippen LogP contribution in [-0.2, 0) is 20.4 Å². The number of hydrogen-bond donors (Lipinski definition) is 0. The van der Waals surface area contributed by atoms with Crippen LogP contribution in [0.1, 0.15) is 27.7 Å². The van der Waals surface area contributed by atoms with Crippen molar-refractivity contribution in [2.45, 2.75) is 90.0 Å². The minimum Gasteiger partial charge on any atom is -1.00 e. The zero-order valence-electron chi connectivity index (χ0n) is 29.1. The van der Waals surface area contributed by atoms with Crippen LogP contribution in [0, 0.1) is 0 Å². The first kappa shape index (κ1) is 41.6. The molecule has 3 aromatic rings. The van der Waals surface area contributed by atoms with Crippen molar-refractivity contribution in [2.75, 3.05) is 0 Å². The van der Waals surface area contributed by atoms with E-state index >= 15 is 0 Å². The molecule has 236 valence electrons. The predicted octanol–water partition coefficient (Wildman–Crippen LogP) is -2.26. The van der Waals surface area contributed by atoms with Crippen LogP contribution in [0.2, 0.25) is 62.3 Å². The van der Waals surface area contributed by atoms with Gasteiger partial charge in [-0.05, 0) is 0 Å². The van der Waals surface area contributed by atoms with Gasteiger partial charge in [-0.3, -0.25) is 0 Å². The summed E-state index contributed by atoms with van der Waals surface area (Å²) in [6.45, 7) is 32.1. The summed E-state index contributed by atoms with van der Waals surface area (Å²) < 4.78 is -0.0741. The molecule has 0 unspecified atom stereocenters. The van der Waals surface area contributed by atoms with Crippen LogP contribution in [0.3, 0.4) is 0 Å². The third-order valence-electron chi connectivity index (χ3n) is 9.86. The van der Waals surface area contributed by atoms with Crippen molar-refractivity contribution in [1.82, 2.24) is 0 Å². The van der Waals surface area contributed by atoms with Crippen LogP contribution in [-0.4, -0.2) is 32.3 Å². The molecule has 44 heavy (non-hydrogen) atoms. The second kappa shape index (κ2) is 14.4. The second-order valence-corrected chi connectivity index (χ2v) is 36.7. The molecule has 0 atom stereocenters. The Morgan fingerprint density at radius 1 is 0.432 bits per heavy atom. The van der Waals surface area contributed by atoms with Crippen LogP contribution in [0.25, 0.3) is 0 Å². The number of hydrogen-bond acceptors (Lipinski definition) is 0. The van der Waals surface area contributed by atoms with Crippen molar-refractivity contribution in [3.05, 3.63) is 95.1 Å². The molecule has 0 saturated carbocycles. The summed E-state index contributed by atoms with van der Waals surface area (Å²) in [5, 5.41) is 9.40.